The molecule has 0 saturated carbocycles. The molecule has 0 bridgehead atoms. The lowest BCUT2D eigenvalue weighted by Crippen LogP contribution is -2.45. The molecule has 0 aromatic carbocycles. The van der Waals surface area contributed by atoms with Crippen LogP contribution in [0.4, 0.5) is 0 Å². The summed E-state index contributed by atoms with van der Waals surface area (Å²) in [6.07, 6.45) is 5.95. The molecule has 0 aromatic heterocycles. The van der Waals surface area contributed by atoms with E-state index in [0.29, 0.717) is 12.2 Å². The Bertz CT molecular complexity index is 218. The standard InChI is InChI=1S/C14H28N2O/c1-11-8-14(9-12(2)17-11)16(3)10-13-4-6-15-7-5-13/h11-15H,4-10H2,1-3H3. The number of hydrogen-bond acceptors (Lipinski definition) is 3. The highest BCUT2D eigenvalue weighted by Gasteiger charge is 2.28. The highest BCUT2D eigenvalue weighted by molar-refractivity contribution is 4.81. The molecular formula is C14H28N2O. The Morgan fingerprint density at radius 1 is 1.12 bits per heavy atom. The second kappa shape index (κ2) is 6.17. The lowest BCUT2D eigenvalue weighted by molar-refractivity contribution is -0.0633. The van der Waals surface area contributed by atoms with Gasteiger partial charge in [-0.3, -0.25) is 0 Å². The molecule has 0 aromatic rings. The predicted molar refractivity (Wildman–Crippen MR) is 71.3 cm³/mol. The minimum absolute atomic E-state index is 0.430. The van der Waals surface area contributed by atoms with Crippen LogP contribution in [-0.2, 0) is 4.74 Å². The molecule has 100 valence electrons. The lowest BCUT2D eigenvalue weighted by Gasteiger charge is -2.39. The van der Waals surface area contributed by atoms with E-state index >= 15 is 0 Å². The third kappa shape index (κ3) is 3.94. The summed E-state index contributed by atoms with van der Waals surface area (Å²) in [7, 11) is 2.30. The zero-order chi connectivity index (χ0) is 12.3. The first-order chi connectivity index (χ1) is 8.15. The van der Waals surface area contributed by atoms with Crippen molar-refractivity contribution in [2.24, 2.45) is 5.92 Å². The summed E-state index contributed by atoms with van der Waals surface area (Å²) in [5.41, 5.74) is 0. The van der Waals surface area contributed by atoms with Gasteiger partial charge in [-0.05, 0) is 65.6 Å². The van der Waals surface area contributed by atoms with Gasteiger partial charge in [-0.1, -0.05) is 0 Å². The van der Waals surface area contributed by atoms with Crippen LogP contribution in [0.2, 0.25) is 0 Å². The van der Waals surface area contributed by atoms with E-state index in [1.54, 1.807) is 0 Å². The summed E-state index contributed by atoms with van der Waals surface area (Å²) in [6.45, 7) is 8.10. The van der Waals surface area contributed by atoms with Gasteiger partial charge < -0.3 is 15.0 Å². The van der Waals surface area contributed by atoms with E-state index in [-0.39, 0.29) is 0 Å². The van der Waals surface area contributed by atoms with E-state index in [2.05, 4.69) is 31.1 Å². The monoisotopic (exact) mass is 240 g/mol. The first-order valence-electron chi connectivity index (χ1n) is 7.21. The third-order valence-electron chi connectivity index (χ3n) is 4.30. The summed E-state index contributed by atoms with van der Waals surface area (Å²) in [6, 6.07) is 0.726. The molecule has 0 amide bonds. The molecule has 2 saturated heterocycles. The minimum atomic E-state index is 0.430. The largest absolute Gasteiger partial charge is 0.375 e. The van der Waals surface area contributed by atoms with Crippen molar-refractivity contribution >= 4 is 0 Å². The molecule has 2 unspecified atom stereocenters. The fourth-order valence-electron chi connectivity index (χ4n) is 3.35. The number of piperidine rings is 1. The minimum Gasteiger partial charge on any atom is -0.375 e. The summed E-state index contributed by atoms with van der Waals surface area (Å²) >= 11 is 0. The normalized spacial score (nSPS) is 36.4. The quantitative estimate of drug-likeness (QED) is 0.815. The van der Waals surface area contributed by atoms with Gasteiger partial charge in [-0.15, -0.1) is 0 Å². The topological polar surface area (TPSA) is 24.5 Å². The number of ether oxygens (including phenoxy) is 1. The van der Waals surface area contributed by atoms with E-state index in [0.717, 1.165) is 12.0 Å². The van der Waals surface area contributed by atoms with E-state index in [9.17, 15) is 0 Å². The zero-order valence-electron chi connectivity index (χ0n) is 11.6. The van der Waals surface area contributed by atoms with Gasteiger partial charge in [-0.25, -0.2) is 0 Å². The van der Waals surface area contributed by atoms with Gasteiger partial charge in [-0.2, -0.15) is 0 Å². The van der Waals surface area contributed by atoms with Crippen molar-refractivity contribution in [3.63, 3.8) is 0 Å². The Morgan fingerprint density at radius 2 is 1.71 bits per heavy atom. The first kappa shape index (κ1) is 13.3. The number of rotatable bonds is 3. The lowest BCUT2D eigenvalue weighted by atomic mass is 9.94. The van der Waals surface area contributed by atoms with Crippen molar-refractivity contribution in [1.82, 2.24) is 10.2 Å². The average molecular weight is 240 g/mol. The molecule has 0 radical (unpaired) electrons. The van der Waals surface area contributed by atoms with Crippen LogP contribution in [0.25, 0.3) is 0 Å². The highest BCUT2D eigenvalue weighted by atomic mass is 16.5. The maximum Gasteiger partial charge on any atom is 0.0565 e. The number of hydrogen-bond donors (Lipinski definition) is 1. The fourth-order valence-corrected chi connectivity index (χ4v) is 3.35. The molecule has 1 N–H and O–H groups in total. The van der Waals surface area contributed by atoms with Gasteiger partial charge in [0.2, 0.25) is 0 Å². The van der Waals surface area contributed by atoms with Crippen LogP contribution in [0, 0.1) is 5.92 Å². The van der Waals surface area contributed by atoms with Crippen molar-refractivity contribution in [1.29, 1.82) is 0 Å². The smallest absolute Gasteiger partial charge is 0.0565 e. The van der Waals surface area contributed by atoms with Gasteiger partial charge in [0.1, 0.15) is 0 Å². The molecule has 2 heterocycles. The molecule has 3 nitrogen and oxygen atoms in total. The summed E-state index contributed by atoms with van der Waals surface area (Å²) in [5, 5.41) is 3.44. The Kier molecular flexibility index (Phi) is 4.83. The Balaban J connectivity index is 1.79. The van der Waals surface area contributed by atoms with Crippen molar-refractivity contribution in [2.75, 3.05) is 26.7 Å². The van der Waals surface area contributed by atoms with E-state index in [4.69, 9.17) is 4.74 Å². The van der Waals surface area contributed by atoms with Crippen LogP contribution >= 0.6 is 0 Å². The predicted octanol–water partition coefficient (Wildman–Crippen LogP) is 1.87. The molecule has 3 heteroatoms. The maximum atomic E-state index is 5.82. The van der Waals surface area contributed by atoms with Crippen molar-refractivity contribution in [3.05, 3.63) is 0 Å². The van der Waals surface area contributed by atoms with Crippen molar-refractivity contribution in [2.45, 2.75) is 57.8 Å². The summed E-state index contributed by atoms with van der Waals surface area (Å²) < 4.78 is 5.82. The molecular weight excluding hydrogens is 212 g/mol. The molecule has 2 aliphatic rings. The molecule has 2 fully saturated rings. The SMILES string of the molecule is CC1CC(N(C)CC2CCNCC2)CC(C)O1. The molecule has 2 aliphatic heterocycles. The van der Waals surface area contributed by atoms with E-state index < -0.39 is 0 Å². The summed E-state index contributed by atoms with van der Waals surface area (Å²) in [5.74, 6) is 0.898. The summed E-state index contributed by atoms with van der Waals surface area (Å²) in [4.78, 5) is 2.59. The van der Waals surface area contributed by atoms with Crippen LogP contribution in [0.15, 0.2) is 0 Å². The third-order valence-corrected chi connectivity index (χ3v) is 4.30. The van der Waals surface area contributed by atoms with Gasteiger partial charge in [0.15, 0.2) is 0 Å². The molecule has 0 spiro atoms. The maximum absolute atomic E-state index is 5.82. The number of nitrogens with one attached hydrogen (secondary N) is 1. The molecule has 0 aliphatic carbocycles. The average Bonchev–Trinajstić information content (AvgIpc) is 2.29. The first-order valence-corrected chi connectivity index (χ1v) is 7.21. The van der Waals surface area contributed by atoms with Crippen LogP contribution in [0.3, 0.4) is 0 Å². The van der Waals surface area contributed by atoms with Crippen molar-refractivity contribution in [3.8, 4) is 0 Å². The number of nitrogens with zero attached hydrogens (tertiary/aromatic N) is 1. The van der Waals surface area contributed by atoms with E-state index in [1.165, 1.54) is 45.3 Å². The molecule has 2 rings (SSSR count). The molecule has 17 heavy (non-hydrogen) atoms. The Hall–Kier alpha value is -0.120. The van der Waals surface area contributed by atoms with Gasteiger partial charge >= 0.3 is 0 Å². The van der Waals surface area contributed by atoms with Gasteiger partial charge in [0, 0.05) is 12.6 Å². The van der Waals surface area contributed by atoms with Crippen LogP contribution in [0.1, 0.15) is 39.5 Å². The second-order valence-electron chi connectivity index (χ2n) is 6.02. The van der Waals surface area contributed by atoms with Gasteiger partial charge in [0.25, 0.3) is 0 Å². The van der Waals surface area contributed by atoms with Crippen molar-refractivity contribution < 1.29 is 4.74 Å². The Labute approximate surface area is 106 Å². The zero-order valence-corrected chi connectivity index (χ0v) is 11.6. The second-order valence-corrected chi connectivity index (χ2v) is 6.02. The highest BCUT2D eigenvalue weighted by Crippen LogP contribution is 2.24. The van der Waals surface area contributed by atoms with Gasteiger partial charge in [0.05, 0.1) is 12.2 Å². The van der Waals surface area contributed by atoms with Crippen LogP contribution < -0.4 is 5.32 Å². The molecule has 2 atom stereocenters. The van der Waals surface area contributed by atoms with Crippen LogP contribution in [-0.4, -0.2) is 49.8 Å². The van der Waals surface area contributed by atoms with Crippen LogP contribution in [0.5, 0.6) is 0 Å². The fraction of sp³-hybridized carbons (Fsp3) is 1.00. The Morgan fingerprint density at radius 3 is 2.29 bits per heavy atom. The van der Waals surface area contributed by atoms with E-state index in [1.807, 2.05) is 0 Å².